The average molecular weight is 547 g/mol. The molecule has 6 heteroatoms. The Bertz CT molecular complexity index is 879. The summed E-state index contributed by atoms with van der Waals surface area (Å²) in [5, 5.41) is 9.43. The first-order valence-electron chi connectivity index (χ1n) is 14.6. The third kappa shape index (κ3) is 9.04. The average Bonchev–Trinajstić information content (AvgIpc) is 2.92. The summed E-state index contributed by atoms with van der Waals surface area (Å²) in [6.07, 6.45) is 7.34. The first-order chi connectivity index (χ1) is 18.2. The van der Waals surface area contributed by atoms with Crippen LogP contribution >= 0.6 is 0 Å². The van der Waals surface area contributed by atoms with Crippen LogP contribution in [-0.2, 0) is 30.4 Å². The highest BCUT2D eigenvalue weighted by Crippen LogP contribution is 2.47. The number of methoxy groups -OCH3 is 2. The van der Waals surface area contributed by atoms with E-state index in [2.05, 4.69) is 41.5 Å². The number of hydrogen-bond acceptors (Lipinski definition) is 6. The SMILES string of the molecule is COC(=O)C1(CO)CCC(C(C)(C)C)CC1.COC(=O)C1(COCc2ccccc2)CCC(C(C)(C)C)CC1. The fourth-order valence-electron chi connectivity index (χ4n) is 6.28. The topological polar surface area (TPSA) is 82.1 Å². The van der Waals surface area contributed by atoms with Crippen molar-refractivity contribution in [2.24, 2.45) is 33.5 Å². The molecule has 0 heterocycles. The predicted molar refractivity (Wildman–Crippen MR) is 155 cm³/mol. The molecule has 0 unspecified atom stereocenters. The highest BCUT2D eigenvalue weighted by atomic mass is 16.5. The van der Waals surface area contributed by atoms with Gasteiger partial charge in [0.05, 0.1) is 44.9 Å². The summed E-state index contributed by atoms with van der Waals surface area (Å²) in [6, 6.07) is 10.1. The second-order valence-corrected chi connectivity index (χ2v) is 14.0. The molecule has 0 radical (unpaired) electrons. The molecule has 222 valence electrons. The van der Waals surface area contributed by atoms with Crippen molar-refractivity contribution in [2.75, 3.05) is 27.4 Å². The zero-order valence-corrected chi connectivity index (χ0v) is 25.8. The van der Waals surface area contributed by atoms with E-state index in [9.17, 15) is 14.7 Å². The van der Waals surface area contributed by atoms with Gasteiger partial charge in [0, 0.05) is 0 Å². The third-order valence-corrected chi connectivity index (χ3v) is 9.36. The van der Waals surface area contributed by atoms with Crippen LogP contribution in [0.1, 0.15) is 98.5 Å². The zero-order chi connectivity index (χ0) is 29.3. The Labute approximate surface area is 237 Å². The smallest absolute Gasteiger partial charge is 0.314 e. The van der Waals surface area contributed by atoms with Gasteiger partial charge in [-0.25, -0.2) is 0 Å². The fourth-order valence-corrected chi connectivity index (χ4v) is 6.28. The van der Waals surface area contributed by atoms with Crippen LogP contribution in [0.2, 0.25) is 0 Å². The number of carbonyl (C=O) groups is 2. The highest BCUT2D eigenvalue weighted by molar-refractivity contribution is 5.77. The van der Waals surface area contributed by atoms with Gasteiger partial charge in [-0.05, 0) is 79.6 Å². The van der Waals surface area contributed by atoms with Crippen LogP contribution < -0.4 is 0 Å². The lowest BCUT2D eigenvalue weighted by atomic mass is 9.64. The molecule has 2 aliphatic carbocycles. The minimum absolute atomic E-state index is 0.0868. The molecule has 3 rings (SSSR count). The third-order valence-electron chi connectivity index (χ3n) is 9.36. The molecule has 0 atom stereocenters. The number of hydrogen-bond donors (Lipinski definition) is 1. The van der Waals surface area contributed by atoms with E-state index >= 15 is 0 Å². The predicted octanol–water partition coefficient (Wildman–Crippen LogP) is 6.97. The number of aliphatic hydroxyl groups is 1. The van der Waals surface area contributed by atoms with E-state index in [1.54, 1.807) is 0 Å². The normalized spacial score (nSPS) is 27.6. The van der Waals surface area contributed by atoms with E-state index in [1.807, 2.05) is 30.3 Å². The molecule has 0 aromatic heterocycles. The summed E-state index contributed by atoms with van der Waals surface area (Å²) in [6.45, 7) is 14.5. The van der Waals surface area contributed by atoms with E-state index in [0.29, 0.717) is 30.5 Å². The van der Waals surface area contributed by atoms with Crippen molar-refractivity contribution in [3.05, 3.63) is 35.9 Å². The van der Waals surface area contributed by atoms with Crippen LogP contribution in [0.3, 0.4) is 0 Å². The van der Waals surface area contributed by atoms with Crippen molar-refractivity contribution in [1.29, 1.82) is 0 Å². The molecule has 39 heavy (non-hydrogen) atoms. The maximum Gasteiger partial charge on any atom is 0.314 e. The molecule has 1 N–H and O–H groups in total. The summed E-state index contributed by atoms with van der Waals surface area (Å²) in [4.78, 5) is 24.1. The molecule has 0 amide bonds. The quantitative estimate of drug-likeness (QED) is 0.372. The van der Waals surface area contributed by atoms with Crippen molar-refractivity contribution in [3.8, 4) is 0 Å². The van der Waals surface area contributed by atoms with Gasteiger partial charge >= 0.3 is 11.9 Å². The van der Waals surface area contributed by atoms with Gasteiger partial charge in [-0.1, -0.05) is 71.9 Å². The number of carbonyl (C=O) groups excluding carboxylic acids is 2. The summed E-state index contributed by atoms with van der Waals surface area (Å²) in [5.41, 5.74) is 0.628. The standard InChI is InChI=1S/C20H30O3.C13H24O3/c1-19(2,3)17-10-12-20(13-11-17,18(21)22-4)15-23-14-16-8-6-5-7-9-16;1-12(2,3)10-5-7-13(9-14,8-6-10)11(15)16-4/h5-9,17H,10-15H2,1-4H3;10,14H,5-9H2,1-4H3. The second kappa shape index (κ2) is 14.1. The Hall–Kier alpha value is -1.92. The zero-order valence-electron chi connectivity index (χ0n) is 25.8. The Balaban J connectivity index is 0.000000293. The Morgan fingerprint density at radius 1 is 0.769 bits per heavy atom. The molecule has 2 fully saturated rings. The van der Waals surface area contributed by atoms with E-state index in [0.717, 1.165) is 56.9 Å². The van der Waals surface area contributed by atoms with Gasteiger partial charge in [-0.2, -0.15) is 0 Å². The van der Waals surface area contributed by atoms with Gasteiger partial charge < -0.3 is 19.3 Å². The Morgan fingerprint density at radius 3 is 1.56 bits per heavy atom. The molecule has 1 aromatic carbocycles. The van der Waals surface area contributed by atoms with Gasteiger partial charge in [-0.3, -0.25) is 9.59 Å². The van der Waals surface area contributed by atoms with Gasteiger partial charge in [0.25, 0.3) is 0 Å². The van der Waals surface area contributed by atoms with Crippen molar-refractivity contribution in [2.45, 2.75) is 99.5 Å². The van der Waals surface area contributed by atoms with Crippen molar-refractivity contribution in [1.82, 2.24) is 0 Å². The van der Waals surface area contributed by atoms with Crippen LogP contribution in [0.4, 0.5) is 0 Å². The Morgan fingerprint density at radius 2 is 1.18 bits per heavy atom. The fraction of sp³-hybridized carbons (Fsp3) is 0.758. The lowest BCUT2D eigenvalue weighted by Crippen LogP contribution is -2.42. The van der Waals surface area contributed by atoms with Crippen molar-refractivity contribution < 1.29 is 28.9 Å². The molecule has 0 spiro atoms. The van der Waals surface area contributed by atoms with Crippen LogP contribution in [0, 0.1) is 33.5 Å². The minimum Gasteiger partial charge on any atom is -0.469 e. The minimum atomic E-state index is -0.628. The number of benzene rings is 1. The molecule has 6 nitrogen and oxygen atoms in total. The molecule has 0 bridgehead atoms. The van der Waals surface area contributed by atoms with E-state index in [1.165, 1.54) is 14.2 Å². The van der Waals surface area contributed by atoms with E-state index in [4.69, 9.17) is 14.2 Å². The van der Waals surface area contributed by atoms with Crippen molar-refractivity contribution >= 4 is 11.9 Å². The first-order valence-corrected chi connectivity index (χ1v) is 14.6. The largest absolute Gasteiger partial charge is 0.469 e. The van der Waals surface area contributed by atoms with E-state index < -0.39 is 10.8 Å². The monoisotopic (exact) mass is 546 g/mol. The summed E-state index contributed by atoms with van der Waals surface area (Å²) in [7, 11) is 2.88. The number of aliphatic hydroxyl groups excluding tert-OH is 1. The molecule has 1 aromatic rings. The molecule has 0 aliphatic heterocycles. The van der Waals surface area contributed by atoms with Crippen LogP contribution in [-0.4, -0.2) is 44.5 Å². The maximum absolute atomic E-state index is 12.4. The highest BCUT2D eigenvalue weighted by Gasteiger charge is 2.46. The second-order valence-electron chi connectivity index (χ2n) is 14.0. The van der Waals surface area contributed by atoms with Crippen LogP contribution in [0.25, 0.3) is 0 Å². The van der Waals surface area contributed by atoms with E-state index in [-0.39, 0.29) is 24.0 Å². The van der Waals surface area contributed by atoms with Gasteiger partial charge in [0.15, 0.2) is 0 Å². The molecule has 0 saturated heterocycles. The lowest BCUT2D eigenvalue weighted by Gasteiger charge is -2.42. The molecular weight excluding hydrogens is 492 g/mol. The number of esters is 2. The van der Waals surface area contributed by atoms with Gasteiger partial charge in [0.1, 0.15) is 0 Å². The maximum atomic E-state index is 12.4. The Kier molecular flexibility index (Phi) is 12.0. The molecular formula is C33H54O6. The van der Waals surface area contributed by atoms with Gasteiger partial charge in [-0.15, -0.1) is 0 Å². The van der Waals surface area contributed by atoms with Crippen LogP contribution in [0.5, 0.6) is 0 Å². The van der Waals surface area contributed by atoms with Gasteiger partial charge in [0.2, 0.25) is 0 Å². The van der Waals surface area contributed by atoms with Crippen molar-refractivity contribution in [3.63, 3.8) is 0 Å². The first kappa shape index (κ1) is 33.3. The van der Waals surface area contributed by atoms with Crippen LogP contribution in [0.15, 0.2) is 30.3 Å². The molecule has 2 saturated carbocycles. The number of ether oxygens (including phenoxy) is 3. The summed E-state index contributed by atoms with van der Waals surface area (Å²) >= 11 is 0. The molecule has 2 aliphatic rings. The summed E-state index contributed by atoms with van der Waals surface area (Å²) in [5.74, 6) is 0.937. The number of rotatable bonds is 7. The lowest BCUT2D eigenvalue weighted by molar-refractivity contribution is -0.162. The summed E-state index contributed by atoms with van der Waals surface area (Å²) < 4.78 is 15.8.